The van der Waals surface area contributed by atoms with Crippen molar-refractivity contribution in [3.05, 3.63) is 29.3 Å². The molecule has 0 aromatic heterocycles. The summed E-state index contributed by atoms with van der Waals surface area (Å²) >= 11 is 0. The molecule has 3 rings (SSSR count). The van der Waals surface area contributed by atoms with Gasteiger partial charge in [0.25, 0.3) is 0 Å². The molecule has 2 nitrogen and oxygen atoms in total. The number of fused-ring (bicyclic) bond motifs is 3. The number of nitrogens with zero attached hydrogens (tertiary/aromatic N) is 2. The molecular formula is C14H20N2. The summed E-state index contributed by atoms with van der Waals surface area (Å²) < 4.78 is 0. The zero-order valence-corrected chi connectivity index (χ0v) is 10.4. The van der Waals surface area contributed by atoms with E-state index in [0.717, 1.165) is 12.0 Å². The highest BCUT2D eigenvalue weighted by Gasteiger charge is 2.39. The van der Waals surface area contributed by atoms with Gasteiger partial charge in [0.05, 0.1) is 0 Å². The lowest BCUT2D eigenvalue weighted by molar-refractivity contribution is 0.234. The van der Waals surface area contributed by atoms with Gasteiger partial charge in [-0.2, -0.15) is 0 Å². The van der Waals surface area contributed by atoms with E-state index in [-0.39, 0.29) is 0 Å². The van der Waals surface area contributed by atoms with Crippen LogP contribution >= 0.6 is 0 Å². The Morgan fingerprint density at radius 1 is 1.25 bits per heavy atom. The summed E-state index contributed by atoms with van der Waals surface area (Å²) in [5.41, 5.74) is 4.41. The van der Waals surface area contributed by atoms with E-state index >= 15 is 0 Å². The largest absolute Gasteiger partial charge is 0.371 e. The van der Waals surface area contributed by atoms with Crippen molar-refractivity contribution in [2.24, 2.45) is 0 Å². The van der Waals surface area contributed by atoms with E-state index in [0.29, 0.717) is 0 Å². The first-order chi connectivity index (χ1) is 7.66. The van der Waals surface area contributed by atoms with Crippen LogP contribution in [-0.4, -0.2) is 38.1 Å². The van der Waals surface area contributed by atoms with E-state index in [1.54, 1.807) is 5.56 Å². The predicted molar refractivity (Wildman–Crippen MR) is 68.2 cm³/mol. The van der Waals surface area contributed by atoms with Crippen molar-refractivity contribution >= 4 is 5.69 Å². The van der Waals surface area contributed by atoms with E-state index in [1.807, 2.05) is 0 Å². The van der Waals surface area contributed by atoms with Gasteiger partial charge in [0.1, 0.15) is 0 Å². The van der Waals surface area contributed by atoms with Crippen molar-refractivity contribution in [1.82, 2.24) is 4.90 Å². The number of likely N-dealkylation sites (N-methyl/N-ethyl adjacent to an activating group) is 2. The first kappa shape index (κ1) is 10.2. The molecule has 0 radical (unpaired) electrons. The van der Waals surface area contributed by atoms with Gasteiger partial charge in [-0.25, -0.2) is 0 Å². The molecule has 0 spiro atoms. The maximum Gasteiger partial charge on any atom is 0.0403 e. The zero-order valence-electron chi connectivity index (χ0n) is 10.4. The molecule has 1 fully saturated rings. The maximum absolute atomic E-state index is 2.49. The standard InChI is InChI=1S/C14H20N2/c1-10-4-5-13-11(8-10)12-9-15(2)7-6-14(12)16(13)3/h4-5,8,12,14H,6-7,9H2,1-3H3/t12-,14-/m1/s1. The second kappa shape index (κ2) is 3.49. The molecule has 86 valence electrons. The number of hydrogen-bond acceptors (Lipinski definition) is 2. The van der Waals surface area contributed by atoms with Gasteiger partial charge in [-0.15, -0.1) is 0 Å². The summed E-state index contributed by atoms with van der Waals surface area (Å²) in [6.45, 7) is 4.64. The van der Waals surface area contributed by atoms with Crippen LogP contribution in [0.2, 0.25) is 0 Å². The third-order valence-electron chi connectivity index (χ3n) is 4.24. The minimum Gasteiger partial charge on any atom is -0.371 e. The molecule has 2 heteroatoms. The van der Waals surface area contributed by atoms with E-state index in [2.05, 4.69) is 49.0 Å². The number of likely N-dealkylation sites (tertiary alicyclic amines) is 1. The third kappa shape index (κ3) is 1.36. The lowest BCUT2D eigenvalue weighted by Gasteiger charge is -2.35. The Kier molecular flexibility index (Phi) is 2.21. The van der Waals surface area contributed by atoms with Crippen LogP contribution in [0.15, 0.2) is 18.2 Å². The second-order valence-corrected chi connectivity index (χ2v) is 5.40. The van der Waals surface area contributed by atoms with Crippen molar-refractivity contribution in [3.63, 3.8) is 0 Å². The van der Waals surface area contributed by atoms with Crippen LogP contribution in [0.1, 0.15) is 23.5 Å². The predicted octanol–water partition coefficient (Wildman–Crippen LogP) is 2.23. The Balaban J connectivity index is 2.04. The molecule has 0 N–H and O–H groups in total. The number of rotatable bonds is 0. The van der Waals surface area contributed by atoms with E-state index in [1.165, 1.54) is 30.8 Å². The van der Waals surface area contributed by atoms with E-state index in [9.17, 15) is 0 Å². The van der Waals surface area contributed by atoms with Crippen LogP contribution < -0.4 is 4.90 Å². The van der Waals surface area contributed by atoms with Gasteiger partial charge in [-0.05, 0) is 38.6 Å². The Bertz CT molecular complexity index is 413. The molecule has 1 saturated heterocycles. The molecule has 1 aromatic carbocycles. The minimum absolute atomic E-state index is 0.721. The number of benzene rings is 1. The fourth-order valence-electron chi connectivity index (χ4n) is 3.34. The molecule has 2 heterocycles. The van der Waals surface area contributed by atoms with Gasteiger partial charge < -0.3 is 9.80 Å². The fraction of sp³-hybridized carbons (Fsp3) is 0.571. The molecule has 0 aliphatic carbocycles. The average Bonchev–Trinajstić information content (AvgIpc) is 2.52. The van der Waals surface area contributed by atoms with Gasteiger partial charge in [-0.3, -0.25) is 0 Å². The molecule has 0 unspecified atom stereocenters. The Morgan fingerprint density at radius 3 is 2.88 bits per heavy atom. The molecule has 16 heavy (non-hydrogen) atoms. The summed E-state index contributed by atoms with van der Waals surface area (Å²) in [5, 5.41) is 0. The number of aryl methyl sites for hydroxylation is 1. The lowest BCUT2D eigenvalue weighted by Crippen LogP contribution is -2.43. The van der Waals surface area contributed by atoms with Crippen molar-refractivity contribution in [2.45, 2.75) is 25.3 Å². The molecule has 2 aliphatic heterocycles. The van der Waals surface area contributed by atoms with Crippen LogP contribution in [-0.2, 0) is 0 Å². The molecule has 0 bridgehead atoms. The zero-order chi connectivity index (χ0) is 11.3. The van der Waals surface area contributed by atoms with Gasteiger partial charge in [0.2, 0.25) is 0 Å². The molecule has 2 atom stereocenters. The summed E-state index contributed by atoms with van der Waals surface area (Å²) in [6, 6.07) is 7.64. The van der Waals surface area contributed by atoms with Gasteiger partial charge in [-0.1, -0.05) is 17.7 Å². The first-order valence-corrected chi connectivity index (χ1v) is 6.19. The monoisotopic (exact) mass is 216 g/mol. The SMILES string of the molecule is Cc1ccc2c(c1)[C@H]1CN(C)CC[C@H]1N2C. The lowest BCUT2D eigenvalue weighted by atomic mass is 9.89. The third-order valence-corrected chi connectivity index (χ3v) is 4.24. The van der Waals surface area contributed by atoms with Crippen molar-refractivity contribution in [2.75, 3.05) is 32.1 Å². The summed E-state index contributed by atoms with van der Waals surface area (Å²) in [6.07, 6.45) is 1.30. The van der Waals surface area contributed by atoms with E-state index < -0.39 is 0 Å². The summed E-state index contributed by atoms with van der Waals surface area (Å²) in [7, 11) is 4.49. The van der Waals surface area contributed by atoms with Gasteiger partial charge >= 0.3 is 0 Å². The molecule has 1 aromatic rings. The summed E-state index contributed by atoms with van der Waals surface area (Å²) in [4.78, 5) is 4.96. The smallest absolute Gasteiger partial charge is 0.0403 e. The first-order valence-electron chi connectivity index (χ1n) is 6.19. The van der Waals surface area contributed by atoms with Crippen molar-refractivity contribution in [1.29, 1.82) is 0 Å². The van der Waals surface area contributed by atoms with Crippen LogP contribution in [0, 0.1) is 6.92 Å². The van der Waals surface area contributed by atoms with E-state index in [4.69, 9.17) is 0 Å². The van der Waals surface area contributed by atoms with Crippen molar-refractivity contribution < 1.29 is 0 Å². The van der Waals surface area contributed by atoms with Gasteiger partial charge in [0.15, 0.2) is 0 Å². The normalized spacial score (nSPS) is 29.1. The number of anilines is 1. The van der Waals surface area contributed by atoms with Crippen LogP contribution in [0.25, 0.3) is 0 Å². The average molecular weight is 216 g/mol. The molecule has 0 saturated carbocycles. The second-order valence-electron chi connectivity index (χ2n) is 5.40. The highest BCUT2D eigenvalue weighted by atomic mass is 15.2. The van der Waals surface area contributed by atoms with Crippen LogP contribution in [0.3, 0.4) is 0 Å². The Hall–Kier alpha value is -1.02. The quantitative estimate of drug-likeness (QED) is 0.656. The molecule has 0 amide bonds. The highest BCUT2D eigenvalue weighted by molar-refractivity contribution is 5.62. The van der Waals surface area contributed by atoms with Crippen LogP contribution in [0.4, 0.5) is 5.69 Å². The maximum atomic E-state index is 2.49. The number of hydrogen-bond donors (Lipinski definition) is 0. The topological polar surface area (TPSA) is 6.48 Å². The number of piperidine rings is 1. The summed E-state index contributed by atoms with van der Waals surface area (Å²) in [5.74, 6) is 0.721. The highest BCUT2D eigenvalue weighted by Crippen LogP contribution is 2.43. The fourth-order valence-corrected chi connectivity index (χ4v) is 3.34. The Labute approximate surface area is 97.9 Å². The van der Waals surface area contributed by atoms with Crippen molar-refractivity contribution in [3.8, 4) is 0 Å². The Morgan fingerprint density at radius 2 is 2.06 bits per heavy atom. The molecular weight excluding hydrogens is 196 g/mol. The minimum atomic E-state index is 0.721. The molecule has 2 aliphatic rings. The van der Waals surface area contributed by atoms with Crippen LogP contribution in [0.5, 0.6) is 0 Å². The van der Waals surface area contributed by atoms with Gasteiger partial charge in [0, 0.05) is 31.2 Å².